The number of amides is 1. The van der Waals surface area contributed by atoms with E-state index in [4.69, 9.17) is 4.98 Å². The maximum atomic E-state index is 12.6. The molecule has 2 aromatic rings. The molecule has 1 N–H and O–H groups in total. The average molecular weight is 333 g/mol. The van der Waals surface area contributed by atoms with Gasteiger partial charge in [-0.15, -0.1) is 11.3 Å². The van der Waals surface area contributed by atoms with E-state index in [9.17, 15) is 4.79 Å². The molecule has 0 aliphatic carbocycles. The van der Waals surface area contributed by atoms with Crippen molar-refractivity contribution < 1.29 is 4.79 Å². The summed E-state index contributed by atoms with van der Waals surface area (Å²) in [7, 11) is 0. The largest absolute Gasteiger partial charge is 0.333 e. The average Bonchev–Trinajstić information content (AvgIpc) is 3.17. The lowest BCUT2D eigenvalue weighted by Gasteiger charge is -2.27. The van der Waals surface area contributed by atoms with Crippen LogP contribution < -0.4 is 5.32 Å². The first-order valence-electron chi connectivity index (χ1n) is 7.91. The molecule has 0 saturated carbocycles. The van der Waals surface area contributed by atoms with Crippen molar-refractivity contribution in [2.24, 2.45) is 0 Å². The smallest absolute Gasteiger partial charge is 0.289 e. The zero-order chi connectivity index (χ0) is 16.4. The first-order valence-corrected chi connectivity index (χ1v) is 8.79. The second-order valence-electron chi connectivity index (χ2n) is 6.80. The number of rotatable bonds is 3. The molecule has 3 heterocycles. The van der Waals surface area contributed by atoms with Gasteiger partial charge >= 0.3 is 0 Å². The van der Waals surface area contributed by atoms with Crippen LogP contribution in [0.3, 0.4) is 0 Å². The molecule has 1 aliphatic rings. The summed E-state index contributed by atoms with van der Waals surface area (Å²) in [4.78, 5) is 23.5. The Morgan fingerprint density at radius 1 is 1.35 bits per heavy atom. The van der Waals surface area contributed by atoms with Crippen molar-refractivity contribution in [3.8, 4) is 0 Å². The number of carbonyl (C=O) groups excluding carboxylic acids is 1. The fourth-order valence-corrected chi connectivity index (χ4v) is 3.54. The van der Waals surface area contributed by atoms with Crippen molar-refractivity contribution in [2.45, 2.75) is 32.7 Å². The number of nitrogens with one attached hydrogen (secondary N) is 1. The molecule has 0 atom stereocenters. The fourth-order valence-electron chi connectivity index (χ4n) is 2.52. The van der Waals surface area contributed by atoms with Crippen LogP contribution in [0.4, 0.5) is 0 Å². The Balaban J connectivity index is 1.76. The molecule has 3 rings (SSSR count). The number of carbonyl (C=O) groups is 1. The standard InChI is InChI=1S/C16H23N5OS/c1-16(2,3)12-11-23-13(19-12)10-21-9-6-18-14(21)15(22)20-7-4-17-5-8-20/h6,9,11,17H,4-5,7-8,10H2,1-3H3. The number of aromatic nitrogens is 3. The van der Waals surface area contributed by atoms with Crippen LogP contribution in [0.1, 0.15) is 42.1 Å². The van der Waals surface area contributed by atoms with E-state index in [1.165, 1.54) is 0 Å². The van der Waals surface area contributed by atoms with Gasteiger partial charge in [-0.05, 0) is 0 Å². The summed E-state index contributed by atoms with van der Waals surface area (Å²) in [5.41, 5.74) is 1.14. The topological polar surface area (TPSA) is 63.1 Å². The lowest BCUT2D eigenvalue weighted by molar-refractivity contribution is 0.0719. The highest BCUT2D eigenvalue weighted by Crippen LogP contribution is 2.24. The zero-order valence-electron chi connectivity index (χ0n) is 13.9. The maximum absolute atomic E-state index is 12.6. The molecule has 0 radical (unpaired) electrons. The van der Waals surface area contributed by atoms with Crippen molar-refractivity contribution in [1.82, 2.24) is 24.8 Å². The molecule has 0 aromatic carbocycles. The summed E-state index contributed by atoms with van der Waals surface area (Å²) >= 11 is 1.64. The van der Waals surface area contributed by atoms with E-state index < -0.39 is 0 Å². The molecule has 1 fully saturated rings. The van der Waals surface area contributed by atoms with Crippen LogP contribution in [0.25, 0.3) is 0 Å². The minimum absolute atomic E-state index is 0.00380. The molecule has 0 unspecified atom stereocenters. The molecule has 0 spiro atoms. The predicted molar refractivity (Wildman–Crippen MR) is 90.9 cm³/mol. The van der Waals surface area contributed by atoms with Gasteiger partial charge in [0.05, 0.1) is 12.2 Å². The quantitative estimate of drug-likeness (QED) is 0.929. The van der Waals surface area contributed by atoms with Gasteiger partial charge in [0, 0.05) is 49.4 Å². The van der Waals surface area contributed by atoms with Crippen molar-refractivity contribution in [2.75, 3.05) is 26.2 Å². The van der Waals surface area contributed by atoms with Crippen LogP contribution in [0.15, 0.2) is 17.8 Å². The minimum atomic E-state index is 0.00380. The monoisotopic (exact) mass is 333 g/mol. The first kappa shape index (κ1) is 16.1. The van der Waals surface area contributed by atoms with Crippen LogP contribution in [-0.2, 0) is 12.0 Å². The number of thiazole rings is 1. The third-order valence-corrected chi connectivity index (χ3v) is 4.77. The van der Waals surface area contributed by atoms with Crippen LogP contribution in [-0.4, -0.2) is 51.5 Å². The normalized spacial score (nSPS) is 15.9. The molecule has 1 aliphatic heterocycles. The SMILES string of the molecule is CC(C)(C)c1csc(Cn2ccnc2C(=O)N2CCNCC2)n1. The molecule has 1 amide bonds. The first-order chi connectivity index (χ1) is 10.9. The van der Waals surface area contributed by atoms with Gasteiger partial charge in [-0.25, -0.2) is 9.97 Å². The molecule has 0 bridgehead atoms. The van der Waals surface area contributed by atoms with Gasteiger partial charge in [0.1, 0.15) is 5.01 Å². The highest BCUT2D eigenvalue weighted by molar-refractivity contribution is 7.09. The van der Waals surface area contributed by atoms with E-state index in [0.29, 0.717) is 12.4 Å². The molecule has 23 heavy (non-hydrogen) atoms. The third kappa shape index (κ3) is 3.61. The number of hydrogen-bond donors (Lipinski definition) is 1. The summed E-state index contributed by atoms with van der Waals surface area (Å²) in [6.07, 6.45) is 3.54. The highest BCUT2D eigenvalue weighted by atomic mass is 32.1. The molecular formula is C16H23N5OS. The minimum Gasteiger partial charge on any atom is -0.333 e. The van der Waals surface area contributed by atoms with Gasteiger partial charge in [0.2, 0.25) is 0 Å². The summed E-state index contributed by atoms with van der Waals surface area (Å²) < 4.78 is 1.90. The summed E-state index contributed by atoms with van der Waals surface area (Å²) in [5, 5.41) is 6.36. The van der Waals surface area contributed by atoms with Crippen LogP contribution in [0.5, 0.6) is 0 Å². The van der Waals surface area contributed by atoms with Crippen molar-refractivity contribution >= 4 is 17.2 Å². The number of imidazole rings is 1. The van der Waals surface area contributed by atoms with Gasteiger partial charge in [-0.2, -0.15) is 0 Å². The van der Waals surface area contributed by atoms with E-state index in [1.54, 1.807) is 17.5 Å². The lowest BCUT2D eigenvalue weighted by atomic mass is 9.93. The third-order valence-electron chi connectivity index (χ3n) is 3.94. The summed E-state index contributed by atoms with van der Waals surface area (Å²) in [6, 6.07) is 0. The molecule has 124 valence electrons. The van der Waals surface area contributed by atoms with E-state index in [0.717, 1.165) is 36.9 Å². The van der Waals surface area contributed by atoms with Crippen molar-refractivity contribution in [3.05, 3.63) is 34.3 Å². The fraction of sp³-hybridized carbons (Fsp3) is 0.562. The van der Waals surface area contributed by atoms with Crippen molar-refractivity contribution in [3.63, 3.8) is 0 Å². The van der Waals surface area contributed by atoms with Crippen molar-refractivity contribution in [1.29, 1.82) is 0 Å². The highest BCUT2D eigenvalue weighted by Gasteiger charge is 2.23. The Bertz CT molecular complexity index is 679. The molecule has 7 heteroatoms. The number of piperazine rings is 1. The van der Waals surface area contributed by atoms with Gasteiger partial charge < -0.3 is 14.8 Å². The predicted octanol–water partition coefficient (Wildman–Crippen LogP) is 1.73. The van der Waals surface area contributed by atoms with E-state index in [2.05, 4.69) is 36.5 Å². The van der Waals surface area contributed by atoms with Crippen LogP contribution in [0, 0.1) is 0 Å². The van der Waals surface area contributed by atoms with Gasteiger partial charge in [0.25, 0.3) is 5.91 Å². The second-order valence-corrected chi connectivity index (χ2v) is 7.74. The molecule has 6 nitrogen and oxygen atoms in total. The molecule has 2 aromatic heterocycles. The Morgan fingerprint density at radius 3 is 2.74 bits per heavy atom. The maximum Gasteiger partial charge on any atom is 0.289 e. The summed E-state index contributed by atoms with van der Waals surface area (Å²) in [6.45, 7) is 10.2. The van der Waals surface area contributed by atoms with Gasteiger partial charge in [-0.1, -0.05) is 20.8 Å². The van der Waals surface area contributed by atoms with E-state index in [-0.39, 0.29) is 11.3 Å². The Hall–Kier alpha value is -1.73. The van der Waals surface area contributed by atoms with Crippen LogP contribution in [0.2, 0.25) is 0 Å². The Kier molecular flexibility index (Phi) is 4.50. The molecule has 1 saturated heterocycles. The number of hydrogen-bond acceptors (Lipinski definition) is 5. The Labute approximate surface area is 140 Å². The molecular weight excluding hydrogens is 310 g/mol. The summed E-state index contributed by atoms with van der Waals surface area (Å²) in [5.74, 6) is 0.503. The number of nitrogens with zero attached hydrogens (tertiary/aromatic N) is 4. The van der Waals surface area contributed by atoms with E-state index in [1.807, 2.05) is 15.7 Å². The van der Waals surface area contributed by atoms with Gasteiger partial charge in [0.15, 0.2) is 5.82 Å². The second kappa shape index (κ2) is 6.41. The van der Waals surface area contributed by atoms with Gasteiger partial charge in [-0.3, -0.25) is 4.79 Å². The zero-order valence-corrected chi connectivity index (χ0v) is 14.7. The lowest BCUT2D eigenvalue weighted by Crippen LogP contribution is -2.47. The Morgan fingerprint density at radius 2 is 2.09 bits per heavy atom. The van der Waals surface area contributed by atoms with Crippen LogP contribution >= 0.6 is 11.3 Å². The van der Waals surface area contributed by atoms with E-state index >= 15 is 0 Å².